The maximum absolute atomic E-state index is 12.3. The first-order valence-electron chi connectivity index (χ1n) is 5.90. The number of aromatic nitrogens is 1. The number of ether oxygens (including phenoxy) is 1. The highest BCUT2D eigenvalue weighted by Gasteiger charge is 2.32. The number of nitrogens with two attached hydrogens (primary N) is 1. The van der Waals surface area contributed by atoms with Crippen LogP contribution in [0.25, 0.3) is 0 Å². The molecule has 0 saturated heterocycles. The number of hydrogen-bond donors (Lipinski definition) is 1. The van der Waals surface area contributed by atoms with Crippen molar-refractivity contribution in [2.75, 3.05) is 0 Å². The van der Waals surface area contributed by atoms with Crippen molar-refractivity contribution in [3.8, 4) is 5.75 Å². The molecule has 2 N–H and O–H groups in total. The molecule has 0 unspecified atom stereocenters. The summed E-state index contributed by atoms with van der Waals surface area (Å²) in [6.45, 7) is 0. The second-order valence-corrected chi connectivity index (χ2v) is 4.53. The van der Waals surface area contributed by atoms with Gasteiger partial charge in [0.1, 0.15) is 11.4 Å². The lowest BCUT2D eigenvalue weighted by Crippen LogP contribution is -2.31. The largest absolute Gasteiger partial charge is 0.489 e. The zero-order valence-electron chi connectivity index (χ0n) is 10.2. The molecule has 1 aliphatic carbocycles. The van der Waals surface area contributed by atoms with Crippen molar-refractivity contribution in [1.82, 2.24) is 4.98 Å². The van der Waals surface area contributed by atoms with Gasteiger partial charge in [-0.15, -0.1) is 12.4 Å². The Balaban J connectivity index is 0.00000180. The summed E-state index contributed by atoms with van der Waals surface area (Å²) in [6.07, 6.45) is 0.193. The fourth-order valence-electron chi connectivity index (χ4n) is 2.02. The molecule has 1 aliphatic rings. The fourth-order valence-corrected chi connectivity index (χ4v) is 2.02. The monoisotopic (exact) mass is 296 g/mol. The van der Waals surface area contributed by atoms with Crippen LogP contribution in [0.4, 0.5) is 13.2 Å². The van der Waals surface area contributed by atoms with Crippen molar-refractivity contribution < 1.29 is 17.9 Å². The summed E-state index contributed by atoms with van der Waals surface area (Å²) in [5, 5.41) is 0. The molecule has 1 aromatic heterocycles. The van der Waals surface area contributed by atoms with E-state index >= 15 is 0 Å². The second kappa shape index (κ2) is 6.43. The molecule has 2 rings (SSSR count). The van der Waals surface area contributed by atoms with Gasteiger partial charge in [0.25, 0.3) is 0 Å². The lowest BCUT2D eigenvalue weighted by molar-refractivity contribution is -0.141. The molecule has 19 heavy (non-hydrogen) atoms. The normalized spacial score (nSPS) is 23.6. The summed E-state index contributed by atoms with van der Waals surface area (Å²) >= 11 is 0. The number of hydrogen-bond acceptors (Lipinski definition) is 3. The van der Waals surface area contributed by atoms with Crippen LogP contribution in [-0.2, 0) is 6.18 Å². The van der Waals surface area contributed by atoms with Gasteiger partial charge in [-0.1, -0.05) is 0 Å². The van der Waals surface area contributed by atoms with Gasteiger partial charge in [-0.2, -0.15) is 13.2 Å². The van der Waals surface area contributed by atoms with Gasteiger partial charge in [-0.05, 0) is 37.8 Å². The molecular formula is C12H16ClF3N2O. The van der Waals surface area contributed by atoms with Gasteiger partial charge in [0.2, 0.25) is 0 Å². The molecule has 1 fully saturated rings. The molecule has 0 radical (unpaired) electrons. The van der Waals surface area contributed by atoms with Gasteiger partial charge in [-0.25, -0.2) is 4.98 Å². The van der Waals surface area contributed by atoms with Crippen LogP contribution in [0.1, 0.15) is 31.4 Å². The fraction of sp³-hybridized carbons (Fsp3) is 0.583. The number of alkyl halides is 3. The molecule has 0 aliphatic heterocycles. The molecule has 0 amide bonds. The van der Waals surface area contributed by atoms with E-state index in [0.717, 1.165) is 37.9 Å². The smallest absolute Gasteiger partial charge is 0.433 e. The topological polar surface area (TPSA) is 48.1 Å². The van der Waals surface area contributed by atoms with E-state index in [1.807, 2.05) is 0 Å². The molecule has 0 spiro atoms. The van der Waals surface area contributed by atoms with E-state index in [0.29, 0.717) is 5.75 Å². The summed E-state index contributed by atoms with van der Waals surface area (Å²) in [6, 6.07) is 2.46. The molecule has 0 atom stereocenters. The third-order valence-electron chi connectivity index (χ3n) is 3.05. The van der Waals surface area contributed by atoms with Crippen LogP contribution >= 0.6 is 12.4 Å². The van der Waals surface area contributed by atoms with Crippen LogP contribution in [0.5, 0.6) is 5.75 Å². The number of pyridine rings is 1. The third-order valence-corrected chi connectivity index (χ3v) is 3.05. The van der Waals surface area contributed by atoms with Crippen LogP contribution in [0, 0.1) is 0 Å². The van der Waals surface area contributed by atoms with E-state index in [-0.39, 0.29) is 24.6 Å². The highest BCUT2D eigenvalue weighted by atomic mass is 35.5. The Morgan fingerprint density at radius 3 is 2.26 bits per heavy atom. The summed E-state index contributed by atoms with van der Waals surface area (Å²) in [5.41, 5.74) is 4.86. The first kappa shape index (κ1) is 16.0. The predicted molar refractivity (Wildman–Crippen MR) is 67.3 cm³/mol. The number of nitrogens with zero attached hydrogens (tertiary/aromatic N) is 1. The van der Waals surface area contributed by atoms with Crippen molar-refractivity contribution in [3.63, 3.8) is 0 Å². The molecular weight excluding hydrogens is 281 g/mol. The summed E-state index contributed by atoms with van der Waals surface area (Å²) in [4.78, 5) is 3.36. The Hall–Kier alpha value is -1.01. The van der Waals surface area contributed by atoms with E-state index in [9.17, 15) is 13.2 Å². The van der Waals surface area contributed by atoms with Gasteiger partial charge in [0, 0.05) is 6.04 Å². The maximum Gasteiger partial charge on any atom is 0.433 e. The van der Waals surface area contributed by atoms with Crippen LogP contribution < -0.4 is 10.5 Å². The van der Waals surface area contributed by atoms with Crippen molar-refractivity contribution in [1.29, 1.82) is 0 Å². The summed E-state index contributed by atoms with van der Waals surface area (Å²) in [7, 11) is 0. The van der Waals surface area contributed by atoms with Crippen molar-refractivity contribution >= 4 is 12.4 Å². The minimum absolute atomic E-state index is 0. The highest BCUT2D eigenvalue weighted by Crippen LogP contribution is 2.29. The standard InChI is InChI=1S/C12H15F3N2O.ClH/c13-12(14,15)11-6-5-10(7-17-11)18-9-3-1-8(16)2-4-9;/h5-9H,1-4,16H2;1H/t8-,9-;. The quantitative estimate of drug-likeness (QED) is 0.912. The van der Waals surface area contributed by atoms with Crippen LogP contribution in [0.3, 0.4) is 0 Å². The zero-order valence-corrected chi connectivity index (χ0v) is 11.0. The van der Waals surface area contributed by atoms with E-state index in [1.165, 1.54) is 6.07 Å². The van der Waals surface area contributed by atoms with Crippen molar-refractivity contribution in [2.24, 2.45) is 5.73 Å². The van der Waals surface area contributed by atoms with Crippen LogP contribution in [0.2, 0.25) is 0 Å². The molecule has 0 aromatic carbocycles. The number of halogens is 4. The Morgan fingerprint density at radius 2 is 1.79 bits per heavy atom. The molecule has 1 saturated carbocycles. The van der Waals surface area contributed by atoms with E-state index in [4.69, 9.17) is 10.5 Å². The van der Waals surface area contributed by atoms with E-state index < -0.39 is 11.9 Å². The summed E-state index contributed by atoms with van der Waals surface area (Å²) in [5.74, 6) is 0.378. The first-order chi connectivity index (χ1) is 8.45. The Bertz CT molecular complexity index is 389. The Kier molecular flexibility index (Phi) is 5.43. The van der Waals surface area contributed by atoms with Gasteiger partial charge >= 0.3 is 6.18 Å². The molecule has 7 heteroatoms. The van der Waals surface area contributed by atoms with Crippen LogP contribution in [-0.4, -0.2) is 17.1 Å². The molecule has 1 heterocycles. The van der Waals surface area contributed by atoms with Gasteiger partial charge in [-0.3, -0.25) is 0 Å². The summed E-state index contributed by atoms with van der Waals surface area (Å²) < 4.78 is 42.5. The van der Waals surface area contributed by atoms with Crippen molar-refractivity contribution in [3.05, 3.63) is 24.0 Å². The zero-order chi connectivity index (χ0) is 13.2. The minimum Gasteiger partial charge on any atom is -0.489 e. The Morgan fingerprint density at radius 1 is 1.16 bits per heavy atom. The third kappa shape index (κ3) is 4.54. The maximum atomic E-state index is 12.3. The lowest BCUT2D eigenvalue weighted by Gasteiger charge is -2.26. The number of rotatable bonds is 2. The average molecular weight is 297 g/mol. The molecule has 108 valence electrons. The Labute approximate surface area is 115 Å². The lowest BCUT2D eigenvalue weighted by atomic mass is 9.94. The van der Waals surface area contributed by atoms with Gasteiger partial charge in [0.05, 0.1) is 12.3 Å². The first-order valence-corrected chi connectivity index (χ1v) is 5.90. The van der Waals surface area contributed by atoms with Crippen LogP contribution in [0.15, 0.2) is 18.3 Å². The second-order valence-electron chi connectivity index (χ2n) is 4.53. The van der Waals surface area contributed by atoms with Gasteiger partial charge in [0.15, 0.2) is 0 Å². The van der Waals surface area contributed by atoms with E-state index in [1.54, 1.807) is 0 Å². The molecule has 0 bridgehead atoms. The minimum atomic E-state index is -4.41. The SMILES string of the molecule is Cl.N[C@H]1CC[C@H](Oc2ccc(C(F)(F)F)nc2)CC1. The average Bonchev–Trinajstić information content (AvgIpc) is 2.32. The van der Waals surface area contributed by atoms with E-state index in [2.05, 4.69) is 4.98 Å². The highest BCUT2D eigenvalue weighted by molar-refractivity contribution is 5.85. The van der Waals surface area contributed by atoms with Gasteiger partial charge < -0.3 is 10.5 Å². The predicted octanol–water partition coefficient (Wildman–Crippen LogP) is 3.17. The van der Waals surface area contributed by atoms with Crippen molar-refractivity contribution in [2.45, 2.75) is 44.0 Å². The molecule has 3 nitrogen and oxygen atoms in total. The molecule has 1 aromatic rings.